The monoisotopic (exact) mass is 473 g/mol. The lowest BCUT2D eigenvalue weighted by Gasteiger charge is -2.34. The van der Waals surface area contributed by atoms with Crippen molar-refractivity contribution in [2.75, 3.05) is 49.1 Å². The van der Waals surface area contributed by atoms with E-state index >= 15 is 0 Å². The largest absolute Gasteiger partial charge is 0.442 e. The van der Waals surface area contributed by atoms with Crippen molar-refractivity contribution in [1.82, 2.24) is 9.62 Å². The van der Waals surface area contributed by atoms with Crippen LogP contribution in [0.4, 0.5) is 20.6 Å². The van der Waals surface area contributed by atoms with Gasteiger partial charge in [0.1, 0.15) is 11.9 Å². The van der Waals surface area contributed by atoms with Crippen LogP contribution >= 0.6 is 12.2 Å². The van der Waals surface area contributed by atoms with E-state index in [4.69, 9.17) is 22.1 Å². The Kier molecular flexibility index (Phi) is 7.35. The maximum Gasteiger partial charge on any atom is 0.414 e. The van der Waals surface area contributed by atoms with Crippen molar-refractivity contribution in [3.05, 3.63) is 24.0 Å². The number of hydrogen-bond donors (Lipinski definition) is 2. The van der Waals surface area contributed by atoms with Crippen LogP contribution in [-0.4, -0.2) is 69.2 Å². The molecule has 2 fully saturated rings. The van der Waals surface area contributed by atoms with Crippen LogP contribution in [0.25, 0.3) is 0 Å². The third-order valence-corrected chi connectivity index (χ3v) is 6.57. The molecule has 2 heterocycles. The number of anilines is 2. The summed E-state index contributed by atoms with van der Waals surface area (Å²) in [6.07, 6.45) is -0.153. The maximum absolute atomic E-state index is 14.8. The van der Waals surface area contributed by atoms with E-state index in [0.29, 0.717) is 43.5 Å². The summed E-state index contributed by atoms with van der Waals surface area (Å²) in [5.74, 6) is -0.0548. The van der Waals surface area contributed by atoms with Crippen molar-refractivity contribution in [1.29, 1.82) is 0 Å². The minimum atomic E-state index is -3.75. The lowest BCUT2D eigenvalue weighted by molar-refractivity contribution is 0.143. The van der Waals surface area contributed by atoms with Gasteiger partial charge in [-0.05, 0) is 24.1 Å². The Balaban J connectivity index is 1.60. The highest BCUT2D eigenvalue weighted by molar-refractivity contribution is 7.86. The maximum atomic E-state index is 14.8. The van der Waals surface area contributed by atoms with Crippen LogP contribution in [0.2, 0.25) is 0 Å². The van der Waals surface area contributed by atoms with Crippen molar-refractivity contribution in [3.63, 3.8) is 0 Å². The van der Waals surface area contributed by atoms with Gasteiger partial charge < -0.3 is 15.0 Å². The fraction of sp³-hybridized carbons (Fsp3) is 0.579. The van der Waals surface area contributed by atoms with E-state index in [-0.39, 0.29) is 19.2 Å². The molecule has 9 nitrogen and oxygen atoms in total. The van der Waals surface area contributed by atoms with Crippen molar-refractivity contribution in [2.24, 2.45) is 11.1 Å². The van der Waals surface area contributed by atoms with E-state index in [1.165, 1.54) is 11.0 Å². The normalized spacial score (nSPS) is 20.3. The molecule has 0 aliphatic carbocycles. The number of nitrogens with one attached hydrogen (secondary N) is 1. The van der Waals surface area contributed by atoms with Crippen LogP contribution in [0.1, 0.15) is 20.3 Å². The highest BCUT2D eigenvalue weighted by Gasteiger charge is 2.33. The second-order valence-electron chi connectivity index (χ2n) is 8.09. The third kappa shape index (κ3) is 6.03. The Morgan fingerprint density at radius 2 is 2.00 bits per heavy atom. The van der Waals surface area contributed by atoms with Crippen molar-refractivity contribution < 1.29 is 22.3 Å². The average Bonchev–Trinajstić information content (AvgIpc) is 3.06. The van der Waals surface area contributed by atoms with Crippen LogP contribution in [-0.2, 0) is 14.9 Å². The van der Waals surface area contributed by atoms with Gasteiger partial charge in [0.05, 0.1) is 29.5 Å². The lowest BCUT2D eigenvalue weighted by Crippen LogP contribution is -2.50. The quantitative estimate of drug-likeness (QED) is 0.577. The molecule has 1 unspecified atom stereocenters. The van der Waals surface area contributed by atoms with Gasteiger partial charge in [0.25, 0.3) is 10.2 Å². The number of rotatable bonds is 7. The predicted octanol–water partition coefficient (Wildman–Crippen LogP) is 1.44. The minimum absolute atomic E-state index is 0.186. The zero-order valence-corrected chi connectivity index (χ0v) is 19.2. The molecule has 0 spiro atoms. The first kappa shape index (κ1) is 23.6. The molecule has 0 radical (unpaired) electrons. The number of hydrogen-bond acceptors (Lipinski definition) is 6. The number of nitrogens with zero attached hydrogens (tertiary/aromatic N) is 3. The van der Waals surface area contributed by atoms with Crippen LogP contribution in [0.5, 0.6) is 0 Å². The molecule has 2 aliphatic heterocycles. The Morgan fingerprint density at radius 3 is 2.58 bits per heavy atom. The van der Waals surface area contributed by atoms with Gasteiger partial charge in [-0.3, -0.25) is 4.90 Å². The summed E-state index contributed by atoms with van der Waals surface area (Å²) in [7, 11) is -3.75. The van der Waals surface area contributed by atoms with Crippen LogP contribution in [0.15, 0.2) is 18.2 Å². The number of ether oxygens (including phenoxy) is 1. The van der Waals surface area contributed by atoms with Gasteiger partial charge in [0.2, 0.25) is 0 Å². The van der Waals surface area contributed by atoms with Gasteiger partial charge in [0, 0.05) is 32.6 Å². The molecule has 1 amide bonds. The molecule has 12 heteroatoms. The van der Waals surface area contributed by atoms with Gasteiger partial charge in [-0.1, -0.05) is 26.1 Å². The second-order valence-corrected chi connectivity index (χ2v) is 10.1. The minimum Gasteiger partial charge on any atom is -0.442 e. The molecule has 0 bridgehead atoms. The van der Waals surface area contributed by atoms with Crippen LogP contribution < -0.4 is 20.3 Å². The second kappa shape index (κ2) is 9.63. The van der Waals surface area contributed by atoms with Gasteiger partial charge in [0.15, 0.2) is 0 Å². The zero-order valence-electron chi connectivity index (χ0n) is 17.6. The number of halogens is 1. The standard InChI is InChI=1S/C19H28FN5O4S2/c1-13(2)9-18(30)22-11-15-12-25(19(26)29-15)14-3-4-17(16(20)10-14)23-5-7-24(8-6-23)31(21,27)28/h3-4,10,13,15H,5-9,11-12H2,1-2H3,(H,22,30)(H2,21,27,28). The Hall–Kier alpha value is -2.02. The van der Waals surface area contributed by atoms with E-state index in [2.05, 4.69) is 19.2 Å². The molecule has 0 saturated carbocycles. The highest BCUT2D eigenvalue weighted by atomic mass is 32.2. The van der Waals surface area contributed by atoms with E-state index in [1.54, 1.807) is 17.0 Å². The number of benzene rings is 1. The first-order valence-electron chi connectivity index (χ1n) is 10.1. The Morgan fingerprint density at radius 1 is 1.32 bits per heavy atom. The number of carbonyl (C=O) groups excluding carboxylic acids is 1. The summed E-state index contributed by atoms with van der Waals surface area (Å²) < 4.78 is 44.2. The van der Waals surface area contributed by atoms with E-state index < -0.39 is 22.1 Å². The lowest BCUT2D eigenvalue weighted by atomic mass is 10.1. The smallest absolute Gasteiger partial charge is 0.414 e. The molecule has 172 valence electrons. The third-order valence-electron chi connectivity index (χ3n) is 5.18. The summed E-state index contributed by atoms with van der Waals surface area (Å²) in [5.41, 5.74) is 0.754. The van der Waals surface area contributed by atoms with Gasteiger partial charge in [-0.25, -0.2) is 14.3 Å². The number of cyclic esters (lactones) is 1. The van der Waals surface area contributed by atoms with Gasteiger partial charge in [-0.15, -0.1) is 0 Å². The molecule has 3 rings (SSSR count). The first-order valence-corrected chi connectivity index (χ1v) is 12.0. The van der Waals surface area contributed by atoms with E-state index in [9.17, 15) is 17.6 Å². The molecule has 1 aromatic rings. The number of nitrogens with two attached hydrogens (primary N) is 1. The molecular formula is C19H28FN5O4S2. The molecule has 1 aromatic carbocycles. The molecular weight excluding hydrogens is 445 g/mol. The summed E-state index contributed by atoms with van der Waals surface area (Å²) in [5, 5.41) is 8.26. The molecule has 31 heavy (non-hydrogen) atoms. The molecule has 2 saturated heterocycles. The van der Waals surface area contributed by atoms with Crippen LogP contribution in [0, 0.1) is 11.7 Å². The first-order chi connectivity index (χ1) is 14.5. The molecule has 2 aliphatic rings. The van der Waals surface area contributed by atoms with Crippen molar-refractivity contribution >= 4 is 44.9 Å². The summed E-state index contributed by atoms with van der Waals surface area (Å²) >= 11 is 5.28. The topological polar surface area (TPSA) is 108 Å². The number of piperazine rings is 1. The fourth-order valence-electron chi connectivity index (χ4n) is 3.61. The molecule has 1 atom stereocenters. The number of carbonyl (C=O) groups is 1. The van der Waals surface area contributed by atoms with Gasteiger partial charge >= 0.3 is 6.09 Å². The number of amides is 1. The Labute approximate surface area is 187 Å². The molecule has 3 N–H and O–H groups in total. The zero-order chi connectivity index (χ0) is 22.8. The summed E-state index contributed by atoms with van der Waals surface area (Å²) in [6.45, 7) is 5.86. The van der Waals surface area contributed by atoms with Crippen LogP contribution in [0.3, 0.4) is 0 Å². The van der Waals surface area contributed by atoms with Gasteiger partial charge in [-0.2, -0.15) is 12.7 Å². The highest BCUT2D eigenvalue weighted by Crippen LogP contribution is 2.28. The summed E-state index contributed by atoms with van der Waals surface area (Å²) in [4.78, 5) is 16.1. The van der Waals surface area contributed by atoms with E-state index in [1.807, 2.05) is 0 Å². The number of thiocarbonyl (C=S) groups is 1. The van der Waals surface area contributed by atoms with Crippen molar-refractivity contribution in [2.45, 2.75) is 26.4 Å². The fourth-order valence-corrected chi connectivity index (χ4v) is 4.70. The average molecular weight is 474 g/mol. The Bertz CT molecular complexity index is 935. The summed E-state index contributed by atoms with van der Waals surface area (Å²) in [6, 6.07) is 4.54. The molecule has 0 aromatic heterocycles. The van der Waals surface area contributed by atoms with E-state index in [0.717, 1.165) is 15.7 Å². The van der Waals surface area contributed by atoms with Crippen molar-refractivity contribution in [3.8, 4) is 0 Å². The predicted molar refractivity (Wildman–Crippen MR) is 121 cm³/mol. The SMILES string of the molecule is CC(C)CC(=S)NCC1CN(c2ccc(N3CCN(S(N)(=O)=O)CC3)c(F)c2)C(=O)O1.